The highest BCUT2D eigenvalue weighted by Gasteiger charge is 2.22. The van der Waals surface area contributed by atoms with E-state index in [0.29, 0.717) is 18.7 Å². The fourth-order valence-electron chi connectivity index (χ4n) is 2.58. The van der Waals surface area contributed by atoms with Crippen molar-refractivity contribution in [2.24, 2.45) is 0 Å². The third-order valence-corrected chi connectivity index (χ3v) is 4.27. The molecule has 1 amide bonds. The van der Waals surface area contributed by atoms with E-state index in [0.717, 1.165) is 28.8 Å². The van der Waals surface area contributed by atoms with Gasteiger partial charge in [0.15, 0.2) is 0 Å². The Morgan fingerprint density at radius 2 is 1.81 bits per heavy atom. The van der Waals surface area contributed by atoms with Crippen LogP contribution in [0.15, 0.2) is 16.6 Å². The van der Waals surface area contributed by atoms with Crippen molar-refractivity contribution >= 4 is 33.5 Å². The number of ether oxygens (including phenoxy) is 1. The quantitative estimate of drug-likeness (QED) is 0.764. The second kappa shape index (κ2) is 6.47. The molecule has 1 fully saturated rings. The van der Waals surface area contributed by atoms with Crippen molar-refractivity contribution in [3.05, 3.63) is 27.7 Å². The van der Waals surface area contributed by atoms with E-state index in [1.165, 1.54) is 7.11 Å². The summed E-state index contributed by atoms with van der Waals surface area (Å²) in [6, 6.07) is 3.78. The maximum atomic E-state index is 11.8. The van der Waals surface area contributed by atoms with E-state index in [2.05, 4.69) is 20.8 Å². The van der Waals surface area contributed by atoms with Crippen LogP contribution >= 0.6 is 15.9 Å². The lowest BCUT2D eigenvalue weighted by Gasteiger charge is -2.36. The Morgan fingerprint density at radius 1 is 1.19 bits per heavy atom. The number of piperazine rings is 1. The number of anilines is 1. The minimum Gasteiger partial charge on any atom is -0.465 e. The van der Waals surface area contributed by atoms with Crippen LogP contribution in [0.1, 0.15) is 22.8 Å². The van der Waals surface area contributed by atoms with Gasteiger partial charge in [-0.25, -0.2) is 4.79 Å². The summed E-state index contributed by atoms with van der Waals surface area (Å²) in [5, 5.41) is 0. The predicted octanol–water partition coefficient (Wildman–Crippen LogP) is 2.21. The molecule has 2 rings (SSSR count). The van der Waals surface area contributed by atoms with E-state index < -0.39 is 0 Å². The van der Waals surface area contributed by atoms with Crippen LogP contribution in [0, 0.1) is 6.92 Å². The van der Waals surface area contributed by atoms with Gasteiger partial charge in [0.25, 0.3) is 0 Å². The van der Waals surface area contributed by atoms with Gasteiger partial charge in [-0.05, 0) is 24.6 Å². The van der Waals surface area contributed by atoms with Gasteiger partial charge in [0.2, 0.25) is 5.91 Å². The van der Waals surface area contributed by atoms with Gasteiger partial charge in [0.1, 0.15) is 0 Å². The fourth-order valence-corrected chi connectivity index (χ4v) is 3.02. The fraction of sp³-hybridized carbons (Fsp3) is 0.467. The van der Waals surface area contributed by atoms with Gasteiger partial charge in [-0.15, -0.1) is 0 Å². The van der Waals surface area contributed by atoms with E-state index >= 15 is 0 Å². The highest BCUT2D eigenvalue weighted by Crippen LogP contribution is 2.29. The molecule has 0 aliphatic carbocycles. The lowest BCUT2D eigenvalue weighted by molar-refractivity contribution is -0.129. The first-order valence-corrected chi connectivity index (χ1v) is 7.62. The van der Waals surface area contributed by atoms with Crippen molar-refractivity contribution < 1.29 is 14.3 Å². The van der Waals surface area contributed by atoms with E-state index in [1.54, 1.807) is 13.0 Å². The summed E-state index contributed by atoms with van der Waals surface area (Å²) in [5.41, 5.74) is 2.48. The Kier molecular flexibility index (Phi) is 4.88. The number of nitrogens with zero attached hydrogens (tertiary/aromatic N) is 2. The molecule has 1 heterocycles. The number of methoxy groups -OCH3 is 1. The summed E-state index contributed by atoms with van der Waals surface area (Å²) in [6.07, 6.45) is 0. The molecule has 0 N–H and O–H groups in total. The van der Waals surface area contributed by atoms with Crippen molar-refractivity contribution in [1.29, 1.82) is 0 Å². The number of benzene rings is 1. The molecule has 21 heavy (non-hydrogen) atoms. The Balaban J connectivity index is 2.27. The van der Waals surface area contributed by atoms with Crippen LogP contribution < -0.4 is 4.90 Å². The van der Waals surface area contributed by atoms with Gasteiger partial charge in [0.05, 0.1) is 12.7 Å². The molecular weight excluding hydrogens is 336 g/mol. The Bertz CT molecular complexity index is 566. The van der Waals surface area contributed by atoms with Gasteiger partial charge in [-0.1, -0.05) is 15.9 Å². The van der Waals surface area contributed by atoms with Crippen molar-refractivity contribution in [3.63, 3.8) is 0 Å². The number of halogens is 1. The highest BCUT2D eigenvalue weighted by molar-refractivity contribution is 9.10. The Hall–Kier alpha value is -1.56. The first-order chi connectivity index (χ1) is 9.93. The van der Waals surface area contributed by atoms with Crippen molar-refractivity contribution in [3.8, 4) is 0 Å². The van der Waals surface area contributed by atoms with E-state index in [4.69, 9.17) is 4.74 Å². The largest absolute Gasteiger partial charge is 0.465 e. The van der Waals surface area contributed by atoms with Crippen LogP contribution in [0.2, 0.25) is 0 Å². The average molecular weight is 355 g/mol. The third-order valence-electron chi connectivity index (χ3n) is 3.82. The molecule has 0 unspecified atom stereocenters. The maximum Gasteiger partial charge on any atom is 0.338 e. The smallest absolute Gasteiger partial charge is 0.338 e. The summed E-state index contributed by atoms with van der Waals surface area (Å²) < 4.78 is 5.68. The lowest BCUT2D eigenvalue weighted by atomic mass is 10.1. The molecule has 1 aromatic rings. The van der Waals surface area contributed by atoms with Crippen molar-refractivity contribution in [2.45, 2.75) is 13.8 Å². The highest BCUT2D eigenvalue weighted by atomic mass is 79.9. The van der Waals surface area contributed by atoms with Crippen LogP contribution in [0.5, 0.6) is 0 Å². The monoisotopic (exact) mass is 354 g/mol. The minimum absolute atomic E-state index is 0.107. The summed E-state index contributed by atoms with van der Waals surface area (Å²) in [5.74, 6) is -0.228. The van der Waals surface area contributed by atoms with Gasteiger partial charge in [-0.3, -0.25) is 4.79 Å². The first-order valence-electron chi connectivity index (χ1n) is 6.83. The molecule has 1 saturated heterocycles. The predicted molar refractivity (Wildman–Crippen MR) is 84.7 cm³/mol. The SMILES string of the molecule is COC(=O)c1cc(Br)cc(N2CCN(C(C)=O)CC2)c1C. The zero-order valence-corrected chi connectivity index (χ0v) is 14.1. The second-order valence-corrected chi connectivity index (χ2v) is 6.00. The minimum atomic E-state index is -0.336. The summed E-state index contributed by atoms with van der Waals surface area (Å²) in [4.78, 5) is 27.3. The van der Waals surface area contributed by atoms with Crippen LogP contribution in [0.4, 0.5) is 5.69 Å². The number of carbonyl (C=O) groups excluding carboxylic acids is 2. The molecule has 1 aliphatic rings. The Morgan fingerprint density at radius 3 is 2.33 bits per heavy atom. The Labute approximate surface area is 133 Å². The molecule has 0 saturated carbocycles. The topological polar surface area (TPSA) is 49.9 Å². The van der Waals surface area contributed by atoms with Crippen LogP contribution in [-0.4, -0.2) is 50.1 Å². The van der Waals surface area contributed by atoms with Gasteiger partial charge < -0.3 is 14.5 Å². The number of esters is 1. The zero-order valence-electron chi connectivity index (χ0n) is 12.5. The summed E-state index contributed by atoms with van der Waals surface area (Å²) in [6.45, 7) is 6.44. The average Bonchev–Trinajstić information content (AvgIpc) is 2.48. The summed E-state index contributed by atoms with van der Waals surface area (Å²) in [7, 11) is 1.38. The molecule has 0 atom stereocenters. The van der Waals surface area contributed by atoms with Crippen molar-refractivity contribution in [2.75, 3.05) is 38.2 Å². The molecule has 1 aliphatic heterocycles. The summed E-state index contributed by atoms with van der Waals surface area (Å²) >= 11 is 3.45. The number of rotatable bonds is 2. The molecule has 114 valence electrons. The van der Waals surface area contributed by atoms with Gasteiger partial charge >= 0.3 is 5.97 Å². The van der Waals surface area contributed by atoms with Gasteiger partial charge in [0, 0.05) is 43.3 Å². The molecule has 0 aromatic heterocycles. The van der Waals surface area contributed by atoms with Crippen LogP contribution in [0.3, 0.4) is 0 Å². The molecule has 1 aromatic carbocycles. The molecule has 0 bridgehead atoms. The maximum absolute atomic E-state index is 11.8. The zero-order chi connectivity index (χ0) is 15.6. The molecule has 0 radical (unpaired) electrons. The normalized spacial score (nSPS) is 15.0. The van der Waals surface area contributed by atoms with Crippen molar-refractivity contribution in [1.82, 2.24) is 4.90 Å². The van der Waals surface area contributed by atoms with E-state index in [9.17, 15) is 9.59 Å². The molecule has 5 nitrogen and oxygen atoms in total. The van der Waals surface area contributed by atoms with Gasteiger partial charge in [-0.2, -0.15) is 0 Å². The number of carbonyl (C=O) groups is 2. The standard InChI is InChI=1S/C15H19BrN2O3/c1-10-13(15(20)21-3)8-12(16)9-14(10)18-6-4-17(5-7-18)11(2)19/h8-9H,4-7H2,1-3H3. The number of hydrogen-bond acceptors (Lipinski definition) is 4. The number of amides is 1. The molecular formula is C15H19BrN2O3. The van der Waals surface area contributed by atoms with Crippen LogP contribution in [-0.2, 0) is 9.53 Å². The van der Waals surface area contributed by atoms with Crippen LogP contribution in [0.25, 0.3) is 0 Å². The third kappa shape index (κ3) is 3.37. The number of hydrogen-bond donors (Lipinski definition) is 0. The van der Waals surface area contributed by atoms with E-state index in [1.807, 2.05) is 17.9 Å². The first kappa shape index (κ1) is 15.8. The molecule has 0 spiro atoms. The lowest BCUT2D eigenvalue weighted by Crippen LogP contribution is -2.48. The molecule has 6 heteroatoms. The second-order valence-electron chi connectivity index (χ2n) is 5.08. The van der Waals surface area contributed by atoms with E-state index in [-0.39, 0.29) is 11.9 Å².